The van der Waals surface area contributed by atoms with Crippen LogP contribution in [-0.2, 0) is 24.2 Å². The van der Waals surface area contributed by atoms with Gasteiger partial charge in [-0.25, -0.2) is 4.79 Å². The van der Waals surface area contributed by atoms with E-state index in [0.717, 1.165) is 40.2 Å². The number of alkyl halides is 3. The van der Waals surface area contributed by atoms with Crippen LogP contribution in [0, 0.1) is 0 Å². The highest BCUT2D eigenvalue weighted by Crippen LogP contribution is 2.40. The maximum atomic E-state index is 13.0. The number of carbonyl (C=O) groups is 2. The lowest BCUT2D eigenvalue weighted by Gasteiger charge is -2.28. The third-order valence-electron chi connectivity index (χ3n) is 5.58. The second-order valence-electron chi connectivity index (χ2n) is 8.08. The molecule has 1 amide bonds. The molecule has 32 heavy (non-hydrogen) atoms. The maximum absolute atomic E-state index is 13.0. The molecule has 0 aliphatic carbocycles. The van der Waals surface area contributed by atoms with Crippen LogP contribution in [-0.4, -0.2) is 40.4 Å². The van der Waals surface area contributed by atoms with Gasteiger partial charge in [0.2, 0.25) is 0 Å². The average Bonchev–Trinajstić information content (AvgIpc) is 3.05. The van der Waals surface area contributed by atoms with E-state index in [4.69, 9.17) is 4.74 Å². The number of aliphatic carboxylic acids is 1. The lowest BCUT2D eigenvalue weighted by atomic mass is 9.95. The van der Waals surface area contributed by atoms with Crippen LogP contribution in [0.2, 0.25) is 0 Å². The third kappa shape index (κ3) is 4.65. The van der Waals surface area contributed by atoms with Gasteiger partial charge >= 0.3 is 12.1 Å². The fourth-order valence-electron chi connectivity index (χ4n) is 4.10. The highest BCUT2D eigenvalue weighted by molar-refractivity contribution is 9.10. The van der Waals surface area contributed by atoms with E-state index in [1.807, 2.05) is 19.1 Å². The van der Waals surface area contributed by atoms with Gasteiger partial charge in [0.05, 0.1) is 23.7 Å². The Morgan fingerprint density at radius 3 is 2.53 bits per heavy atom. The lowest BCUT2D eigenvalue weighted by Crippen LogP contribution is -2.54. The van der Waals surface area contributed by atoms with E-state index in [-0.39, 0.29) is 5.69 Å². The Labute approximate surface area is 191 Å². The summed E-state index contributed by atoms with van der Waals surface area (Å²) >= 11 is 3.48. The van der Waals surface area contributed by atoms with E-state index in [1.165, 1.54) is 0 Å². The van der Waals surface area contributed by atoms with Gasteiger partial charge in [0.1, 0.15) is 17.0 Å². The molecule has 0 saturated carbocycles. The SMILES string of the molecule is CCCc1cc(C(=O)N[C@@](C)(CC(F)(F)F)C(=O)O)n2c1-c1cc(Br)c(OC)cc1CC2. The van der Waals surface area contributed by atoms with Gasteiger partial charge in [0, 0.05) is 12.1 Å². The Kier molecular flexibility index (Phi) is 6.65. The molecule has 0 bridgehead atoms. The molecule has 10 heteroatoms. The number of carboxylic acids is 1. The molecule has 174 valence electrons. The monoisotopic (exact) mass is 516 g/mol. The summed E-state index contributed by atoms with van der Waals surface area (Å²) in [5.74, 6) is -1.91. The van der Waals surface area contributed by atoms with Gasteiger partial charge in [-0.15, -0.1) is 0 Å². The van der Waals surface area contributed by atoms with Gasteiger partial charge in [-0.05, 0) is 65.0 Å². The van der Waals surface area contributed by atoms with Crippen molar-refractivity contribution >= 4 is 27.8 Å². The van der Waals surface area contributed by atoms with Crippen molar-refractivity contribution in [3.05, 3.63) is 39.5 Å². The van der Waals surface area contributed by atoms with Crippen molar-refractivity contribution in [3.8, 4) is 17.0 Å². The van der Waals surface area contributed by atoms with Crippen LogP contribution in [0.5, 0.6) is 5.75 Å². The highest BCUT2D eigenvalue weighted by Gasteiger charge is 2.46. The summed E-state index contributed by atoms with van der Waals surface area (Å²) in [6.45, 7) is 3.29. The molecule has 2 N–H and O–H groups in total. The van der Waals surface area contributed by atoms with Gasteiger partial charge in [-0.3, -0.25) is 4.79 Å². The molecule has 1 atom stereocenters. The van der Waals surface area contributed by atoms with Gasteiger partial charge < -0.3 is 19.7 Å². The Morgan fingerprint density at radius 2 is 1.97 bits per heavy atom. The van der Waals surface area contributed by atoms with Crippen LogP contribution in [0.4, 0.5) is 13.2 Å². The average molecular weight is 517 g/mol. The quantitative estimate of drug-likeness (QED) is 0.544. The number of benzene rings is 1. The van der Waals surface area contributed by atoms with E-state index < -0.39 is 30.0 Å². The first-order valence-corrected chi connectivity index (χ1v) is 10.9. The maximum Gasteiger partial charge on any atom is 0.391 e. The van der Waals surface area contributed by atoms with Crippen molar-refractivity contribution in [1.29, 1.82) is 0 Å². The molecule has 0 saturated heterocycles. The van der Waals surface area contributed by atoms with Crippen molar-refractivity contribution in [1.82, 2.24) is 9.88 Å². The van der Waals surface area contributed by atoms with Gasteiger partial charge in [0.15, 0.2) is 0 Å². The molecule has 0 fully saturated rings. The molecule has 1 aliphatic heterocycles. The summed E-state index contributed by atoms with van der Waals surface area (Å²) in [7, 11) is 1.57. The fourth-order valence-corrected chi connectivity index (χ4v) is 4.61. The number of halogens is 4. The Bertz CT molecular complexity index is 1060. The number of carboxylic acid groups (broad SMARTS) is 1. The number of hydrogen-bond donors (Lipinski definition) is 2. The van der Waals surface area contributed by atoms with Gasteiger partial charge in [-0.1, -0.05) is 13.3 Å². The van der Waals surface area contributed by atoms with Crippen molar-refractivity contribution in [2.45, 2.75) is 57.8 Å². The normalized spacial score (nSPS) is 14.8. The number of aromatic nitrogens is 1. The zero-order chi connectivity index (χ0) is 23.8. The number of hydrogen-bond acceptors (Lipinski definition) is 3. The van der Waals surface area contributed by atoms with Gasteiger partial charge in [0.25, 0.3) is 5.91 Å². The van der Waals surface area contributed by atoms with E-state index in [0.29, 0.717) is 25.1 Å². The molecule has 2 heterocycles. The first-order chi connectivity index (χ1) is 14.9. The van der Waals surface area contributed by atoms with Crippen LogP contribution in [0.25, 0.3) is 11.3 Å². The molecule has 0 spiro atoms. The minimum absolute atomic E-state index is 0.149. The number of carbonyl (C=O) groups excluding carboxylic acids is 1. The number of nitrogens with one attached hydrogen (secondary N) is 1. The first-order valence-electron chi connectivity index (χ1n) is 10.1. The minimum atomic E-state index is -4.75. The molecule has 2 aromatic rings. The van der Waals surface area contributed by atoms with Crippen LogP contribution < -0.4 is 10.1 Å². The molecule has 0 radical (unpaired) electrons. The smallest absolute Gasteiger partial charge is 0.391 e. The number of fused-ring (bicyclic) bond motifs is 3. The summed E-state index contributed by atoms with van der Waals surface area (Å²) in [6, 6.07) is 5.48. The van der Waals surface area contributed by atoms with Crippen LogP contribution in [0.1, 0.15) is 48.3 Å². The summed E-state index contributed by atoms with van der Waals surface area (Å²) in [5.41, 5.74) is 1.30. The summed E-state index contributed by atoms with van der Waals surface area (Å²) in [6.07, 6.45) is -4.38. The summed E-state index contributed by atoms with van der Waals surface area (Å²) < 4.78 is 46.8. The van der Waals surface area contributed by atoms with Crippen LogP contribution >= 0.6 is 15.9 Å². The van der Waals surface area contributed by atoms with E-state index >= 15 is 0 Å². The minimum Gasteiger partial charge on any atom is -0.496 e. The zero-order valence-electron chi connectivity index (χ0n) is 17.9. The molecule has 3 rings (SSSR count). The molecule has 0 unspecified atom stereocenters. The lowest BCUT2D eigenvalue weighted by molar-refractivity contribution is -0.167. The highest BCUT2D eigenvalue weighted by atomic mass is 79.9. The second-order valence-corrected chi connectivity index (χ2v) is 8.94. The van der Waals surface area contributed by atoms with Crippen LogP contribution in [0.15, 0.2) is 22.7 Å². The van der Waals surface area contributed by atoms with E-state index in [9.17, 15) is 27.9 Å². The van der Waals surface area contributed by atoms with Crippen LogP contribution in [0.3, 0.4) is 0 Å². The second kappa shape index (κ2) is 8.80. The van der Waals surface area contributed by atoms with Crippen molar-refractivity contribution in [2.24, 2.45) is 0 Å². The molecule has 6 nitrogen and oxygen atoms in total. The predicted molar refractivity (Wildman–Crippen MR) is 116 cm³/mol. The molecule has 1 aliphatic rings. The molecular formula is C22H24BrF3N2O4. The topological polar surface area (TPSA) is 80.6 Å². The van der Waals surface area contributed by atoms with Crippen molar-refractivity contribution in [2.75, 3.05) is 7.11 Å². The van der Waals surface area contributed by atoms with Gasteiger partial charge in [-0.2, -0.15) is 13.2 Å². The number of ether oxygens (including phenoxy) is 1. The van der Waals surface area contributed by atoms with E-state index in [2.05, 4.69) is 21.2 Å². The van der Waals surface area contributed by atoms with Crippen molar-refractivity contribution < 1.29 is 32.6 Å². The van der Waals surface area contributed by atoms with E-state index in [1.54, 1.807) is 17.7 Å². The largest absolute Gasteiger partial charge is 0.496 e. The summed E-state index contributed by atoms with van der Waals surface area (Å²) in [5, 5.41) is 11.5. The summed E-state index contributed by atoms with van der Waals surface area (Å²) in [4.78, 5) is 24.6. The molecule has 1 aromatic carbocycles. The fraction of sp³-hybridized carbons (Fsp3) is 0.455. The Balaban J connectivity index is 2.07. The van der Waals surface area contributed by atoms with Crippen molar-refractivity contribution in [3.63, 3.8) is 0 Å². The number of aryl methyl sites for hydroxylation is 2. The number of rotatable bonds is 7. The number of methoxy groups -OCH3 is 1. The standard InChI is InChI=1S/C22H24BrF3N2O4/c1-4-5-13-8-16(19(29)27-21(2,20(30)31)11-22(24,25)26)28-7-6-12-9-17(32-3)15(23)10-14(12)18(13)28/h8-10H,4-7,11H2,1-3H3,(H,27,29)(H,30,31)/t21-/m0/s1. The third-order valence-corrected chi connectivity index (χ3v) is 6.20. The number of amides is 1. The Morgan fingerprint density at radius 1 is 1.28 bits per heavy atom. The number of nitrogens with zero attached hydrogens (tertiary/aromatic N) is 1. The molecular weight excluding hydrogens is 493 g/mol. The zero-order valence-corrected chi connectivity index (χ0v) is 19.5. The first kappa shape index (κ1) is 24.2. The predicted octanol–water partition coefficient (Wildman–Crippen LogP) is 4.96. The Hall–Kier alpha value is -2.49. The molecule has 1 aromatic heterocycles.